The second-order valence-corrected chi connectivity index (χ2v) is 18.3. The molecular weight excluding hydrogens is 762 g/mol. The fourth-order valence-electron chi connectivity index (χ4n) is 6.25. The van der Waals surface area contributed by atoms with Crippen molar-refractivity contribution in [1.29, 1.82) is 0 Å². The SMILES string of the molecule is Cc1cccc(C)c1-n1c(-c2ccccc2O)nc2c(-c3[c-]c(-c4cc(CC(C)C)c([Si](C)(C)C)cn4)ccc3)cccc21.[CH3-].[Pt+2]. The first-order chi connectivity index (χ1) is 21.0. The van der Waals surface area contributed by atoms with Crippen molar-refractivity contribution in [3.05, 3.63) is 121 Å². The molecule has 2 heterocycles. The standard InChI is InChI=1S/C39H40N3OSi.CH3.Pt/c1-25(2)21-30-23-33(40-24-36(30)44(5,6)7)29-16-11-15-28(22-29)31-18-12-19-34-37(31)41-39(32-17-8-9-20-35(32)43)42(34)38-26(3)13-10-14-27(38)4;;/h8-20,23-25,43H,21H2,1-7H3;1H3;/q2*-1;+2. The molecule has 0 unspecified atom stereocenters. The van der Waals surface area contributed by atoms with Crippen molar-refractivity contribution < 1.29 is 26.2 Å². The monoisotopic (exact) mass is 804 g/mol. The number of hydrogen-bond donors (Lipinski definition) is 1. The van der Waals surface area contributed by atoms with Crippen LogP contribution < -0.4 is 5.19 Å². The molecule has 0 radical (unpaired) electrons. The maximum atomic E-state index is 10.9. The summed E-state index contributed by atoms with van der Waals surface area (Å²) in [6.07, 6.45) is 3.16. The number of phenolic OH excluding ortho intramolecular Hbond substituents is 1. The Bertz CT molecular complexity index is 1980. The van der Waals surface area contributed by atoms with Crippen LogP contribution in [0.5, 0.6) is 5.75 Å². The number of nitrogens with zero attached hydrogens (tertiary/aromatic N) is 3. The van der Waals surface area contributed by atoms with Gasteiger partial charge in [0.2, 0.25) is 0 Å². The summed E-state index contributed by atoms with van der Waals surface area (Å²) in [6, 6.07) is 32.3. The Morgan fingerprint density at radius 2 is 1.46 bits per heavy atom. The summed E-state index contributed by atoms with van der Waals surface area (Å²) in [7, 11) is -1.54. The van der Waals surface area contributed by atoms with Gasteiger partial charge in [0.1, 0.15) is 11.6 Å². The van der Waals surface area contributed by atoms with E-state index < -0.39 is 8.07 Å². The maximum Gasteiger partial charge on any atom is 2.00 e. The number of imidazole rings is 1. The molecule has 0 aliphatic carbocycles. The molecule has 46 heavy (non-hydrogen) atoms. The number of aryl methyl sites for hydroxylation is 2. The van der Waals surface area contributed by atoms with Crippen molar-refractivity contribution >= 4 is 24.3 Å². The van der Waals surface area contributed by atoms with E-state index in [1.807, 2.05) is 18.2 Å². The second-order valence-electron chi connectivity index (χ2n) is 13.3. The van der Waals surface area contributed by atoms with Crippen molar-refractivity contribution in [3.63, 3.8) is 0 Å². The van der Waals surface area contributed by atoms with Crippen LogP contribution in [0.3, 0.4) is 0 Å². The van der Waals surface area contributed by atoms with Gasteiger partial charge in [-0.05, 0) is 60.7 Å². The molecule has 0 spiro atoms. The zero-order valence-electron chi connectivity index (χ0n) is 28.0. The van der Waals surface area contributed by atoms with Crippen LogP contribution >= 0.6 is 0 Å². The number of benzene rings is 4. The number of aromatic nitrogens is 3. The average molecular weight is 805 g/mol. The molecule has 0 bridgehead atoms. The summed E-state index contributed by atoms with van der Waals surface area (Å²) >= 11 is 0. The first-order valence-electron chi connectivity index (χ1n) is 15.4. The summed E-state index contributed by atoms with van der Waals surface area (Å²) in [4.78, 5) is 10.2. The topological polar surface area (TPSA) is 50.9 Å². The van der Waals surface area contributed by atoms with Gasteiger partial charge in [-0.15, -0.1) is 29.8 Å². The van der Waals surface area contributed by atoms with E-state index in [9.17, 15) is 5.11 Å². The van der Waals surface area contributed by atoms with Crippen LogP contribution in [0.1, 0.15) is 30.5 Å². The molecule has 1 N–H and O–H groups in total. The van der Waals surface area contributed by atoms with Gasteiger partial charge in [-0.1, -0.05) is 98.7 Å². The van der Waals surface area contributed by atoms with E-state index in [1.54, 1.807) is 6.07 Å². The first-order valence-corrected chi connectivity index (χ1v) is 18.9. The number of aromatic hydroxyl groups is 1. The molecule has 0 atom stereocenters. The maximum absolute atomic E-state index is 10.9. The molecule has 0 aliphatic rings. The second kappa shape index (κ2) is 13.9. The van der Waals surface area contributed by atoms with E-state index in [-0.39, 0.29) is 34.2 Å². The Balaban J connectivity index is 0.00000240. The quantitative estimate of drug-likeness (QED) is 0.129. The molecule has 238 valence electrons. The molecule has 0 amide bonds. The van der Waals surface area contributed by atoms with Crippen molar-refractivity contribution in [2.45, 2.75) is 53.8 Å². The Morgan fingerprint density at radius 3 is 2.13 bits per heavy atom. The van der Waals surface area contributed by atoms with Crippen molar-refractivity contribution in [1.82, 2.24) is 14.5 Å². The third-order valence-corrected chi connectivity index (χ3v) is 10.3. The minimum Gasteiger partial charge on any atom is -0.507 e. The first kappa shape index (κ1) is 35.1. The minimum absolute atomic E-state index is 0. The van der Waals surface area contributed by atoms with Gasteiger partial charge in [0.05, 0.1) is 30.4 Å². The molecule has 6 rings (SSSR count). The predicted octanol–water partition coefficient (Wildman–Crippen LogP) is 9.74. The summed E-state index contributed by atoms with van der Waals surface area (Å²) < 4.78 is 2.19. The van der Waals surface area contributed by atoms with Crippen LogP contribution in [0.15, 0.2) is 91.1 Å². The Kier molecular flexibility index (Phi) is 10.6. The number of pyridine rings is 1. The smallest absolute Gasteiger partial charge is 0.507 e. The van der Waals surface area contributed by atoms with Gasteiger partial charge in [0, 0.05) is 11.9 Å². The van der Waals surface area contributed by atoms with Gasteiger partial charge < -0.3 is 12.5 Å². The molecule has 0 saturated heterocycles. The molecular formula is C40H43N3OPtSi. The van der Waals surface area contributed by atoms with Gasteiger partial charge in [0.15, 0.2) is 0 Å². The zero-order valence-corrected chi connectivity index (χ0v) is 31.3. The van der Waals surface area contributed by atoms with Crippen molar-refractivity contribution in [3.8, 4) is 45.2 Å². The molecule has 4 aromatic carbocycles. The number of rotatable bonds is 7. The van der Waals surface area contributed by atoms with E-state index in [0.29, 0.717) is 17.3 Å². The minimum atomic E-state index is -1.54. The van der Waals surface area contributed by atoms with Crippen LogP contribution in [-0.4, -0.2) is 27.7 Å². The number of para-hydroxylation sites is 3. The van der Waals surface area contributed by atoms with Gasteiger partial charge in [-0.3, -0.25) is 9.55 Å². The van der Waals surface area contributed by atoms with E-state index in [2.05, 4.69) is 125 Å². The summed E-state index contributed by atoms with van der Waals surface area (Å²) in [5.74, 6) is 1.48. The van der Waals surface area contributed by atoms with E-state index in [4.69, 9.17) is 9.97 Å². The molecule has 6 aromatic rings. The number of fused-ring (bicyclic) bond motifs is 1. The number of phenols is 1. The van der Waals surface area contributed by atoms with Crippen molar-refractivity contribution in [2.24, 2.45) is 5.92 Å². The van der Waals surface area contributed by atoms with Crippen LogP contribution in [0, 0.1) is 33.3 Å². The van der Waals surface area contributed by atoms with Crippen LogP contribution in [0.25, 0.3) is 50.5 Å². The van der Waals surface area contributed by atoms with Gasteiger partial charge in [0.25, 0.3) is 0 Å². The van der Waals surface area contributed by atoms with Crippen LogP contribution in [0.4, 0.5) is 0 Å². The molecule has 6 heteroatoms. The predicted molar refractivity (Wildman–Crippen MR) is 193 cm³/mol. The van der Waals surface area contributed by atoms with Crippen molar-refractivity contribution in [2.75, 3.05) is 0 Å². The normalized spacial score (nSPS) is 11.4. The Hall–Kier alpha value is -3.79. The summed E-state index contributed by atoms with van der Waals surface area (Å²) in [5, 5.41) is 12.4. The molecule has 0 aliphatic heterocycles. The third-order valence-electron chi connectivity index (χ3n) is 8.28. The average Bonchev–Trinajstić information content (AvgIpc) is 3.35. The molecule has 0 saturated carbocycles. The molecule has 4 nitrogen and oxygen atoms in total. The largest absolute Gasteiger partial charge is 2.00 e. The van der Waals surface area contributed by atoms with E-state index in [1.165, 1.54) is 10.8 Å². The van der Waals surface area contributed by atoms with Gasteiger partial charge in [-0.25, -0.2) is 4.98 Å². The summed E-state index contributed by atoms with van der Waals surface area (Å²) in [6.45, 7) is 16.0. The summed E-state index contributed by atoms with van der Waals surface area (Å²) in [5.41, 5.74) is 11.2. The third kappa shape index (κ3) is 6.68. The zero-order chi connectivity index (χ0) is 31.2. The number of hydrogen-bond acceptors (Lipinski definition) is 3. The van der Waals surface area contributed by atoms with Crippen LogP contribution in [-0.2, 0) is 27.5 Å². The van der Waals surface area contributed by atoms with Crippen LogP contribution in [0.2, 0.25) is 19.6 Å². The fraction of sp³-hybridized carbons (Fsp3) is 0.225. The van der Waals surface area contributed by atoms with E-state index in [0.717, 1.165) is 56.7 Å². The molecule has 0 fully saturated rings. The Labute approximate surface area is 289 Å². The van der Waals surface area contributed by atoms with Gasteiger partial charge >= 0.3 is 21.1 Å². The molecule has 2 aromatic heterocycles. The van der Waals surface area contributed by atoms with Gasteiger partial charge in [-0.2, -0.15) is 0 Å². The fourth-order valence-corrected chi connectivity index (χ4v) is 7.84. The van der Waals surface area contributed by atoms with E-state index >= 15 is 0 Å². The Morgan fingerprint density at radius 1 is 0.826 bits per heavy atom.